The van der Waals surface area contributed by atoms with Crippen LogP contribution in [0.5, 0.6) is 17.2 Å². The molecule has 284 valence electrons. The van der Waals surface area contributed by atoms with Crippen LogP contribution in [0.3, 0.4) is 0 Å². The zero-order valence-electron chi connectivity index (χ0n) is 30.6. The number of methoxy groups -OCH3 is 2. The molecule has 2 aromatic carbocycles. The molecule has 4 aliphatic rings. The van der Waals surface area contributed by atoms with Gasteiger partial charge in [-0.15, -0.1) is 11.8 Å². The fraction of sp³-hybridized carbons (Fsp3) is 0.425. The fourth-order valence-corrected chi connectivity index (χ4v) is 9.33. The summed E-state index contributed by atoms with van der Waals surface area (Å²) in [5, 5.41) is 15.1. The molecule has 2 bridgehead atoms. The van der Waals surface area contributed by atoms with Crippen LogP contribution in [0.4, 0.5) is 0 Å². The lowest BCUT2D eigenvalue weighted by Crippen LogP contribution is -2.54. The van der Waals surface area contributed by atoms with Crippen molar-refractivity contribution in [2.75, 3.05) is 33.6 Å². The number of allylic oxidation sites excluding steroid dienone is 1. The van der Waals surface area contributed by atoms with Crippen molar-refractivity contribution < 1.29 is 38.5 Å². The summed E-state index contributed by atoms with van der Waals surface area (Å²) < 4.78 is 19.0. The van der Waals surface area contributed by atoms with Gasteiger partial charge in [-0.1, -0.05) is 36.7 Å². The third-order valence-corrected chi connectivity index (χ3v) is 12.4. The molecule has 1 saturated heterocycles. The number of hydrogen-bond acceptors (Lipinski definition) is 10. The average Bonchev–Trinajstić information content (AvgIpc) is 3.48. The SMILES string of the molecule is COc1cc(OC)c2c(c1Cl)O[C@]1(C2=O)C(O)=C(C(CC(=O)N[C@@H](C)C(=O)N2C[C@H]3C[C@@H](C2)c2cccc(=O)n2C3)c2ccc(SC)cc2)C(=O)C[C@H]1C. The Bertz CT molecular complexity index is 2150. The van der Waals surface area contributed by atoms with Crippen LogP contribution in [-0.2, 0) is 20.9 Å². The molecule has 1 spiro atoms. The van der Waals surface area contributed by atoms with E-state index in [0.717, 1.165) is 17.0 Å². The minimum atomic E-state index is -2.03. The van der Waals surface area contributed by atoms with E-state index in [0.29, 0.717) is 25.2 Å². The highest BCUT2D eigenvalue weighted by Crippen LogP contribution is 2.56. The molecule has 6 atom stereocenters. The van der Waals surface area contributed by atoms with Crippen molar-refractivity contribution in [3.05, 3.63) is 92.1 Å². The highest BCUT2D eigenvalue weighted by molar-refractivity contribution is 7.98. The summed E-state index contributed by atoms with van der Waals surface area (Å²) in [5.41, 5.74) is -0.718. The van der Waals surface area contributed by atoms with Crippen molar-refractivity contribution in [1.29, 1.82) is 0 Å². The lowest BCUT2D eigenvalue weighted by Gasteiger charge is -2.43. The molecule has 2 N–H and O–H groups in total. The van der Waals surface area contributed by atoms with E-state index < -0.39 is 46.7 Å². The highest BCUT2D eigenvalue weighted by Gasteiger charge is 2.61. The van der Waals surface area contributed by atoms with Crippen LogP contribution >= 0.6 is 23.4 Å². The zero-order chi connectivity index (χ0) is 38.6. The van der Waals surface area contributed by atoms with Gasteiger partial charge in [0.25, 0.3) is 5.56 Å². The molecule has 3 aromatic rings. The lowest BCUT2D eigenvalue weighted by atomic mass is 9.69. The molecule has 1 aliphatic carbocycles. The number of halogens is 1. The van der Waals surface area contributed by atoms with Crippen molar-refractivity contribution >= 4 is 46.7 Å². The molecule has 1 unspecified atom stereocenters. The van der Waals surface area contributed by atoms with E-state index >= 15 is 0 Å². The van der Waals surface area contributed by atoms with E-state index in [9.17, 15) is 29.1 Å². The predicted molar refractivity (Wildman–Crippen MR) is 202 cm³/mol. The van der Waals surface area contributed by atoms with Crippen LogP contribution < -0.4 is 25.1 Å². The van der Waals surface area contributed by atoms with Crippen LogP contribution in [0.1, 0.15) is 66.6 Å². The maximum atomic E-state index is 14.4. The van der Waals surface area contributed by atoms with Crippen molar-refractivity contribution in [1.82, 2.24) is 14.8 Å². The van der Waals surface area contributed by atoms with Gasteiger partial charge < -0.3 is 34.1 Å². The number of Topliss-reactive ketones (excluding diaryl/α,β-unsaturated/α-hetero) is 2. The number of pyridine rings is 1. The molecule has 0 saturated carbocycles. The second-order valence-corrected chi connectivity index (χ2v) is 15.8. The zero-order valence-corrected chi connectivity index (χ0v) is 32.2. The second-order valence-electron chi connectivity index (χ2n) is 14.5. The highest BCUT2D eigenvalue weighted by atomic mass is 35.5. The van der Waals surface area contributed by atoms with Gasteiger partial charge in [0.05, 0.1) is 14.2 Å². The number of fused-ring (bicyclic) bond motifs is 5. The van der Waals surface area contributed by atoms with E-state index in [1.165, 1.54) is 32.0 Å². The van der Waals surface area contributed by atoms with Gasteiger partial charge in [-0.25, -0.2) is 0 Å². The van der Waals surface area contributed by atoms with E-state index in [1.54, 1.807) is 47.6 Å². The molecule has 12 nitrogen and oxygen atoms in total. The van der Waals surface area contributed by atoms with E-state index in [1.807, 2.05) is 24.5 Å². The van der Waals surface area contributed by atoms with Gasteiger partial charge in [-0.2, -0.15) is 0 Å². The molecule has 4 heterocycles. The maximum Gasteiger partial charge on any atom is 0.250 e. The number of amides is 2. The molecule has 0 radical (unpaired) electrons. The van der Waals surface area contributed by atoms with Crippen LogP contribution in [0.25, 0.3) is 0 Å². The van der Waals surface area contributed by atoms with Crippen molar-refractivity contribution in [2.24, 2.45) is 11.8 Å². The molecule has 7 rings (SSSR count). The molecule has 1 fully saturated rings. The third-order valence-electron chi connectivity index (χ3n) is 11.3. The first kappa shape index (κ1) is 37.6. The van der Waals surface area contributed by atoms with Gasteiger partial charge in [-0.05, 0) is 49.3 Å². The number of carbonyl (C=O) groups excluding carboxylic acids is 4. The Balaban J connectivity index is 1.19. The standard InChI is InChI=1S/C40H42ClN3O9S/c1-20-13-28(45)33(37(48)40(20)38(49)34-29(51-3)16-30(52-4)35(41)36(34)53-40)26(23-9-11-25(54-5)12-10-23)15-31(46)42-21(2)39(50)43-17-22-14-24(19-43)27-7-6-8-32(47)44(27)18-22/h6-12,16,20-22,24,26,48H,13-15,17-19H2,1-5H3,(H,42,46)/t20-,21+,22-,24+,26?,40+/m1/s1. The quantitative estimate of drug-likeness (QED) is 0.274. The lowest BCUT2D eigenvalue weighted by molar-refractivity contribution is -0.138. The summed E-state index contributed by atoms with van der Waals surface area (Å²) >= 11 is 8.15. The number of aliphatic hydroxyl groups excluding tert-OH is 1. The number of nitrogens with zero attached hydrogens (tertiary/aromatic N) is 2. The summed E-state index contributed by atoms with van der Waals surface area (Å²) in [6.45, 7) is 4.69. The fourth-order valence-electron chi connectivity index (χ4n) is 8.66. The summed E-state index contributed by atoms with van der Waals surface area (Å²) in [6, 6.07) is 13.0. The van der Waals surface area contributed by atoms with Crippen LogP contribution in [-0.4, -0.2) is 83.2 Å². The number of ether oxygens (including phenoxy) is 3. The molecule has 14 heteroatoms. The van der Waals surface area contributed by atoms with Gasteiger partial charge in [0.1, 0.15) is 28.1 Å². The summed E-state index contributed by atoms with van der Waals surface area (Å²) in [6.07, 6.45) is 2.32. The smallest absolute Gasteiger partial charge is 0.250 e. The van der Waals surface area contributed by atoms with Gasteiger partial charge in [0, 0.05) is 78.5 Å². The number of piperidine rings is 1. The van der Waals surface area contributed by atoms with E-state index in [2.05, 4.69) is 5.32 Å². The summed E-state index contributed by atoms with van der Waals surface area (Å²) in [7, 11) is 2.79. The Hall–Kier alpha value is -4.75. The Morgan fingerprint density at radius 2 is 1.80 bits per heavy atom. The first-order valence-electron chi connectivity index (χ1n) is 17.9. The maximum absolute atomic E-state index is 14.4. The van der Waals surface area contributed by atoms with Crippen molar-refractivity contribution in [2.45, 2.75) is 68.0 Å². The topological polar surface area (TPSA) is 153 Å². The van der Waals surface area contributed by atoms with Crippen LogP contribution in [0.2, 0.25) is 5.02 Å². The molecule has 1 aromatic heterocycles. The van der Waals surface area contributed by atoms with Crippen molar-refractivity contribution in [3.8, 4) is 17.2 Å². The number of hydrogen-bond donors (Lipinski definition) is 2. The normalized spacial score (nSPS) is 24.0. The van der Waals surface area contributed by atoms with Crippen LogP contribution in [0.15, 0.2) is 69.6 Å². The van der Waals surface area contributed by atoms with E-state index in [-0.39, 0.29) is 69.6 Å². The molecule has 2 amide bonds. The third kappa shape index (κ3) is 6.14. The number of carbonyl (C=O) groups is 4. The molecular formula is C40H42ClN3O9S. The number of ketones is 2. The first-order chi connectivity index (χ1) is 25.8. The predicted octanol–water partition coefficient (Wildman–Crippen LogP) is 5.30. The second kappa shape index (κ2) is 14.5. The van der Waals surface area contributed by atoms with Gasteiger partial charge in [0.15, 0.2) is 17.3 Å². The number of aliphatic hydroxyl groups is 1. The van der Waals surface area contributed by atoms with Crippen molar-refractivity contribution in [3.63, 3.8) is 0 Å². The van der Waals surface area contributed by atoms with Crippen LogP contribution in [0, 0.1) is 11.8 Å². The largest absolute Gasteiger partial charge is 0.507 e. The van der Waals surface area contributed by atoms with Gasteiger partial charge in [0.2, 0.25) is 23.2 Å². The number of thioether (sulfide) groups is 1. The molecule has 3 aliphatic heterocycles. The average molecular weight is 776 g/mol. The number of likely N-dealkylation sites (tertiary alicyclic amines) is 1. The Morgan fingerprint density at radius 1 is 1.07 bits per heavy atom. The number of nitrogens with one attached hydrogen (secondary N) is 1. The Labute approximate surface area is 321 Å². The van der Waals surface area contributed by atoms with E-state index in [4.69, 9.17) is 25.8 Å². The number of aromatic nitrogens is 1. The Kier molecular flexibility index (Phi) is 10.1. The molecular weight excluding hydrogens is 734 g/mol. The molecule has 54 heavy (non-hydrogen) atoms. The summed E-state index contributed by atoms with van der Waals surface area (Å²) in [4.78, 5) is 71.4. The van der Waals surface area contributed by atoms with Gasteiger partial charge in [-0.3, -0.25) is 24.0 Å². The van der Waals surface area contributed by atoms with Gasteiger partial charge >= 0.3 is 0 Å². The number of benzene rings is 2. The summed E-state index contributed by atoms with van der Waals surface area (Å²) in [5.74, 6) is -3.86. The number of rotatable bonds is 9. The first-order valence-corrected chi connectivity index (χ1v) is 19.5. The minimum absolute atomic E-state index is 0.00895. The Morgan fingerprint density at radius 3 is 2.48 bits per heavy atom. The monoisotopic (exact) mass is 775 g/mol. The minimum Gasteiger partial charge on any atom is -0.507 e.